The Morgan fingerprint density at radius 3 is 2.77 bits per heavy atom. The number of hydrogen-bond acceptors (Lipinski definition) is 6. The number of ether oxygens (including phenoxy) is 2. The van der Waals surface area contributed by atoms with Crippen LogP contribution in [0.4, 0.5) is 4.39 Å². The summed E-state index contributed by atoms with van der Waals surface area (Å²) in [5, 5.41) is 7.96. The van der Waals surface area contributed by atoms with E-state index in [1.54, 1.807) is 23.7 Å². The zero-order chi connectivity index (χ0) is 21.7. The van der Waals surface area contributed by atoms with Crippen LogP contribution in [-0.4, -0.2) is 65.6 Å². The number of carbonyl (C=O) groups excluding carboxylic acids is 1. The Morgan fingerprint density at radius 1 is 1.29 bits per heavy atom. The fourth-order valence-corrected chi connectivity index (χ4v) is 4.84. The van der Waals surface area contributed by atoms with Gasteiger partial charge in [0.2, 0.25) is 0 Å². The maximum atomic E-state index is 13.8. The van der Waals surface area contributed by atoms with Gasteiger partial charge in [-0.25, -0.2) is 13.9 Å². The number of rotatable bonds is 8. The fourth-order valence-electron chi connectivity index (χ4n) is 4.84. The Morgan fingerprint density at radius 2 is 2.06 bits per heavy atom. The number of morpholine rings is 1. The van der Waals surface area contributed by atoms with Crippen LogP contribution in [0.1, 0.15) is 48.7 Å². The van der Waals surface area contributed by atoms with E-state index in [1.165, 1.54) is 31.2 Å². The van der Waals surface area contributed by atoms with Crippen molar-refractivity contribution in [3.8, 4) is 5.69 Å². The van der Waals surface area contributed by atoms with E-state index in [0.717, 1.165) is 45.7 Å². The minimum Gasteiger partial charge on any atom is -0.462 e. The third kappa shape index (κ3) is 4.81. The molecule has 2 aromatic rings. The summed E-state index contributed by atoms with van der Waals surface area (Å²) in [5.41, 5.74) is 1.79. The molecular weight excluding hydrogens is 399 g/mol. The van der Waals surface area contributed by atoms with Crippen LogP contribution >= 0.6 is 0 Å². The van der Waals surface area contributed by atoms with Crippen LogP contribution in [0.25, 0.3) is 5.69 Å². The number of carbonyl (C=O) groups is 1. The predicted octanol–water partition coefficient (Wildman–Crippen LogP) is 2.92. The van der Waals surface area contributed by atoms with Gasteiger partial charge in [0.1, 0.15) is 11.4 Å². The fraction of sp³-hybridized carbons (Fsp3) is 0.565. The van der Waals surface area contributed by atoms with Gasteiger partial charge in [-0.05, 0) is 38.0 Å². The molecule has 2 fully saturated rings. The highest BCUT2D eigenvalue weighted by molar-refractivity contribution is 5.90. The summed E-state index contributed by atoms with van der Waals surface area (Å²) in [6, 6.07) is 6.22. The van der Waals surface area contributed by atoms with Gasteiger partial charge in [0.05, 0.1) is 37.4 Å². The van der Waals surface area contributed by atoms with Gasteiger partial charge in [0, 0.05) is 31.7 Å². The van der Waals surface area contributed by atoms with Crippen molar-refractivity contribution in [2.24, 2.45) is 0 Å². The van der Waals surface area contributed by atoms with Crippen LogP contribution in [0.5, 0.6) is 0 Å². The van der Waals surface area contributed by atoms with Crippen molar-refractivity contribution in [1.82, 2.24) is 20.0 Å². The van der Waals surface area contributed by atoms with Gasteiger partial charge in [0.25, 0.3) is 0 Å². The van der Waals surface area contributed by atoms with Crippen molar-refractivity contribution < 1.29 is 18.7 Å². The zero-order valence-corrected chi connectivity index (χ0v) is 18.1. The molecule has 1 aliphatic heterocycles. The maximum absolute atomic E-state index is 13.8. The molecule has 7 nitrogen and oxygen atoms in total. The standard InChI is InChI=1S/C23H31FN4O3/c1-2-31-22(29)20-15-26-28(19-7-5-6-18(24)14-19)21(20)16-25-17-23(8-3-4-9-23)27-10-12-30-13-11-27/h5-7,14-15,25H,2-4,8-13,16-17H2,1H3. The van der Waals surface area contributed by atoms with Crippen molar-refractivity contribution in [3.63, 3.8) is 0 Å². The van der Waals surface area contributed by atoms with Crippen LogP contribution in [-0.2, 0) is 16.0 Å². The summed E-state index contributed by atoms with van der Waals surface area (Å²) in [6.45, 7) is 6.80. The Labute approximate surface area is 182 Å². The van der Waals surface area contributed by atoms with E-state index in [1.807, 2.05) is 0 Å². The number of halogens is 1. The molecule has 168 valence electrons. The second-order valence-electron chi connectivity index (χ2n) is 8.25. The molecule has 1 aromatic carbocycles. The smallest absolute Gasteiger partial charge is 0.341 e. The van der Waals surface area contributed by atoms with Crippen molar-refractivity contribution in [1.29, 1.82) is 0 Å². The Balaban J connectivity index is 1.54. The molecule has 4 rings (SSSR count). The molecule has 0 unspecified atom stereocenters. The van der Waals surface area contributed by atoms with Crippen molar-refractivity contribution in [2.45, 2.75) is 44.7 Å². The summed E-state index contributed by atoms with van der Waals surface area (Å²) in [7, 11) is 0. The van der Waals surface area contributed by atoms with Crippen LogP contribution in [0.2, 0.25) is 0 Å². The number of nitrogens with zero attached hydrogens (tertiary/aromatic N) is 3. The van der Waals surface area contributed by atoms with Gasteiger partial charge < -0.3 is 14.8 Å². The Bertz CT molecular complexity index is 889. The van der Waals surface area contributed by atoms with Gasteiger partial charge in [-0.1, -0.05) is 18.9 Å². The summed E-state index contributed by atoms with van der Waals surface area (Å²) < 4.78 is 26.2. The average Bonchev–Trinajstić information content (AvgIpc) is 3.43. The lowest BCUT2D eigenvalue weighted by atomic mass is 9.94. The molecule has 8 heteroatoms. The molecule has 0 amide bonds. The molecule has 2 aliphatic rings. The van der Waals surface area contributed by atoms with Gasteiger partial charge >= 0.3 is 5.97 Å². The minimum absolute atomic E-state index is 0.123. The Hall–Kier alpha value is -2.29. The molecule has 1 N–H and O–H groups in total. The molecule has 0 spiro atoms. The van der Waals surface area contributed by atoms with Crippen molar-refractivity contribution >= 4 is 5.97 Å². The van der Waals surface area contributed by atoms with Crippen molar-refractivity contribution in [2.75, 3.05) is 39.5 Å². The largest absolute Gasteiger partial charge is 0.462 e. The quantitative estimate of drug-likeness (QED) is 0.650. The average molecular weight is 431 g/mol. The molecule has 31 heavy (non-hydrogen) atoms. The van der Waals surface area contributed by atoms with Gasteiger partial charge in [-0.2, -0.15) is 5.10 Å². The van der Waals surface area contributed by atoms with Crippen LogP contribution in [0.15, 0.2) is 30.5 Å². The minimum atomic E-state index is -0.411. The van der Waals surface area contributed by atoms with Gasteiger partial charge in [-0.15, -0.1) is 0 Å². The van der Waals surface area contributed by atoms with Crippen LogP contribution < -0.4 is 5.32 Å². The molecule has 1 aromatic heterocycles. The molecule has 1 saturated heterocycles. The summed E-state index contributed by atoms with van der Waals surface area (Å²) in [6.07, 6.45) is 6.29. The number of aromatic nitrogens is 2. The normalized spacial score (nSPS) is 18.9. The first-order valence-electron chi connectivity index (χ1n) is 11.2. The van der Waals surface area contributed by atoms with Gasteiger partial charge in [0.15, 0.2) is 0 Å². The molecule has 0 bridgehead atoms. The lowest BCUT2D eigenvalue weighted by Gasteiger charge is -2.43. The lowest BCUT2D eigenvalue weighted by Crippen LogP contribution is -2.56. The number of hydrogen-bond donors (Lipinski definition) is 1. The van der Waals surface area contributed by atoms with E-state index in [4.69, 9.17) is 9.47 Å². The highest BCUT2D eigenvalue weighted by Gasteiger charge is 2.39. The first-order valence-corrected chi connectivity index (χ1v) is 11.2. The van der Waals surface area contributed by atoms with E-state index in [9.17, 15) is 9.18 Å². The monoisotopic (exact) mass is 430 g/mol. The van der Waals surface area contributed by atoms with E-state index in [0.29, 0.717) is 23.5 Å². The summed E-state index contributed by atoms with van der Waals surface area (Å²) >= 11 is 0. The second-order valence-corrected chi connectivity index (χ2v) is 8.25. The topological polar surface area (TPSA) is 68.6 Å². The predicted molar refractivity (Wildman–Crippen MR) is 115 cm³/mol. The highest BCUT2D eigenvalue weighted by atomic mass is 19.1. The van der Waals surface area contributed by atoms with Crippen molar-refractivity contribution in [3.05, 3.63) is 47.5 Å². The molecule has 1 aliphatic carbocycles. The third-order valence-corrected chi connectivity index (χ3v) is 6.38. The first kappa shape index (κ1) is 21.9. The van der Waals surface area contributed by atoms with Crippen LogP contribution in [0.3, 0.4) is 0 Å². The number of benzene rings is 1. The number of nitrogens with one attached hydrogen (secondary N) is 1. The molecule has 1 saturated carbocycles. The van der Waals surface area contributed by atoms with E-state index >= 15 is 0 Å². The SMILES string of the molecule is CCOC(=O)c1cnn(-c2cccc(F)c2)c1CNCC1(N2CCOCC2)CCCC1. The molecule has 0 radical (unpaired) electrons. The molecule has 2 heterocycles. The first-order chi connectivity index (χ1) is 15.1. The maximum Gasteiger partial charge on any atom is 0.341 e. The van der Waals surface area contributed by atoms with Gasteiger partial charge in [-0.3, -0.25) is 4.90 Å². The summed E-state index contributed by atoms with van der Waals surface area (Å²) in [5.74, 6) is -0.757. The third-order valence-electron chi connectivity index (χ3n) is 6.38. The van der Waals surface area contributed by atoms with Crippen LogP contribution in [0, 0.1) is 5.82 Å². The second kappa shape index (κ2) is 9.89. The zero-order valence-electron chi connectivity index (χ0n) is 18.1. The molecular formula is C23H31FN4O3. The lowest BCUT2D eigenvalue weighted by molar-refractivity contribution is -0.0205. The molecule has 0 atom stereocenters. The number of esters is 1. The van der Waals surface area contributed by atoms with E-state index in [2.05, 4.69) is 15.3 Å². The summed E-state index contributed by atoms with van der Waals surface area (Å²) in [4.78, 5) is 15.1. The Kier molecular flexibility index (Phi) is 6.99. The van der Waals surface area contributed by atoms with E-state index < -0.39 is 5.97 Å². The highest BCUT2D eigenvalue weighted by Crippen LogP contribution is 2.35. The van der Waals surface area contributed by atoms with E-state index in [-0.39, 0.29) is 18.0 Å².